The lowest BCUT2D eigenvalue weighted by Crippen LogP contribution is -2.44. The molecule has 0 unspecified atom stereocenters. The van der Waals surface area contributed by atoms with Gasteiger partial charge in [0.25, 0.3) is 5.95 Å². The Morgan fingerprint density at radius 2 is 2.05 bits per heavy atom. The molecule has 0 radical (unpaired) electrons. The van der Waals surface area contributed by atoms with Crippen LogP contribution in [0.25, 0.3) is 5.95 Å². The summed E-state index contributed by atoms with van der Waals surface area (Å²) < 4.78 is 1.73. The van der Waals surface area contributed by atoms with Crippen LogP contribution in [0.5, 0.6) is 0 Å². The van der Waals surface area contributed by atoms with E-state index in [0.29, 0.717) is 17.8 Å². The van der Waals surface area contributed by atoms with E-state index in [9.17, 15) is 0 Å². The number of nitrogens with zero attached hydrogens (tertiary/aromatic N) is 7. The molecule has 3 heterocycles. The highest BCUT2D eigenvalue weighted by Gasteiger charge is 2.29. The molecule has 0 aliphatic carbocycles. The summed E-state index contributed by atoms with van der Waals surface area (Å²) in [7, 11) is 1.79. The molecule has 9 heteroatoms. The third-order valence-electron chi connectivity index (χ3n) is 3.17. The minimum absolute atomic E-state index is 0.193. The van der Waals surface area contributed by atoms with Gasteiger partial charge in [-0.2, -0.15) is 36.5 Å². The fourth-order valence-corrected chi connectivity index (χ4v) is 3.32. The Labute approximate surface area is 127 Å². The molecule has 21 heavy (non-hydrogen) atoms. The van der Waals surface area contributed by atoms with Crippen molar-refractivity contribution in [1.82, 2.24) is 29.7 Å². The fourth-order valence-electron chi connectivity index (χ4n) is 2.21. The second kappa shape index (κ2) is 5.47. The lowest BCUT2D eigenvalue weighted by atomic mass is 10.2. The van der Waals surface area contributed by atoms with Gasteiger partial charge < -0.3 is 10.2 Å². The Morgan fingerprint density at radius 1 is 1.24 bits per heavy atom. The minimum atomic E-state index is 0.193. The van der Waals surface area contributed by atoms with Gasteiger partial charge in [-0.3, -0.25) is 0 Å². The molecule has 0 bridgehead atoms. The van der Waals surface area contributed by atoms with Crippen LogP contribution in [-0.4, -0.2) is 60.4 Å². The van der Waals surface area contributed by atoms with Crippen molar-refractivity contribution < 1.29 is 0 Å². The molecule has 0 saturated carbocycles. The minimum Gasteiger partial charge on any atom is -0.357 e. The van der Waals surface area contributed by atoms with Gasteiger partial charge in [-0.1, -0.05) is 0 Å². The number of nitrogens with one attached hydrogen (secondary N) is 1. The number of aromatic nitrogens is 6. The zero-order valence-corrected chi connectivity index (χ0v) is 13.1. The maximum absolute atomic E-state index is 4.53. The van der Waals surface area contributed by atoms with Crippen molar-refractivity contribution in [1.29, 1.82) is 0 Å². The average molecular weight is 306 g/mol. The Bertz CT molecular complexity index is 612. The van der Waals surface area contributed by atoms with E-state index in [-0.39, 0.29) is 4.75 Å². The molecule has 0 atom stereocenters. The first-order chi connectivity index (χ1) is 10.1. The van der Waals surface area contributed by atoms with Gasteiger partial charge in [-0.25, -0.2) is 4.98 Å². The first-order valence-corrected chi connectivity index (χ1v) is 7.74. The maximum atomic E-state index is 4.53. The van der Waals surface area contributed by atoms with Crippen LogP contribution < -0.4 is 10.2 Å². The first kappa shape index (κ1) is 14.1. The van der Waals surface area contributed by atoms with Crippen molar-refractivity contribution in [3.8, 4) is 5.95 Å². The number of rotatable bonds is 3. The zero-order valence-electron chi connectivity index (χ0n) is 12.3. The van der Waals surface area contributed by atoms with Gasteiger partial charge in [0.05, 0.1) is 0 Å². The predicted octanol–water partition coefficient (Wildman–Crippen LogP) is 0.826. The topological polar surface area (TPSA) is 84.7 Å². The molecule has 1 saturated heterocycles. The Balaban J connectivity index is 1.96. The van der Waals surface area contributed by atoms with Crippen LogP contribution in [0.15, 0.2) is 12.7 Å². The highest BCUT2D eigenvalue weighted by atomic mass is 32.2. The second-order valence-electron chi connectivity index (χ2n) is 5.38. The van der Waals surface area contributed by atoms with Crippen molar-refractivity contribution in [2.75, 3.05) is 36.1 Å². The molecule has 1 aliphatic heterocycles. The van der Waals surface area contributed by atoms with Gasteiger partial charge in [0, 0.05) is 30.6 Å². The van der Waals surface area contributed by atoms with Gasteiger partial charge >= 0.3 is 0 Å². The summed E-state index contributed by atoms with van der Waals surface area (Å²) >= 11 is 1.97. The fraction of sp³-hybridized carbons (Fsp3) is 0.583. The monoisotopic (exact) mass is 306 g/mol. The van der Waals surface area contributed by atoms with Crippen LogP contribution in [-0.2, 0) is 0 Å². The molecule has 0 aromatic carbocycles. The summed E-state index contributed by atoms with van der Waals surface area (Å²) in [6.07, 6.45) is 3.04. The van der Waals surface area contributed by atoms with Gasteiger partial charge in [0.2, 0.25) is 11.9 Å². The third-order valence-corrected chi connectivity index (χ3v) is 4.46. The van der Waals surface area contributed by atoms with Crippen LogP contribution in [0.4, 0.5) is 11.9 Å². The predicted molar refractivity (Wildman–Crippen MR) is 83.0 cm³/mol. The Kier molecular flexibility index (Phi) is 3.66. The molecular weight excluding hydrogens is 288 g/mol. The first-order valence-electron chi connectivity index (χ1n) is 6.75. The SMILES string of the molecule is CNc1nc(N2CCSC(C)(C)C2)nc(-n2cncn2)n1. The van der Waals surface area contributed by atoms with Crippen LogP contribution >= 0.6 is 11.8 Å². The number of anilines is 2. The molecular formula is C12H18N8S. The summed E-state index contributed by atoms with van der Waals surface area (Å²) in [5.41, 5.74) is 0. The molecule has 1 N–H and O–H groups in total. The number of thioether (sulfide) groups is 1. The molecule has 1 aliphatic rings. The summed E-state index contributed by atoms with van der Waals surface area (Å²) in [5, 5.41) is 7.05. The van der Waals surface area contributed by atoms with Gasteiger partial charge in [0.15, 0.2) is 0 Å². The van der Waals surface area contributed by atoms with Crippen LogP contribution in [0, 0.1) is 0 Å². The van der Waals surface area contributed by atoms with Crippen molar-refractivity contribution in [2.45, 2.75) is 18.6 Å². The lowest BCUT2D eigenvalue weighted by Gasteiger charge is -2.37. The second-order valence-corrected chi connectivity index (χ2v) is 7.18. The summed E-state index contributed by atoms with van der Waals surface area (Å²) in [4.78, 5) is 19.4. The van der Waals surface area contributed by atoms with Crippen molar-refractivity contribution in [2.24, 2.45) is 0 Å². The van der Waals surface area contributed by atoms with E-state index in [2.05, 4.69) is 49.1 Å². The van der Waals surface area contributed by atoms with Crippen molar-refractivity contribution >= 4 is 23.7 Å². The largest absolute Gasteiger partial charge is 0.357 e. The molecule has 0 spiro atoms. The van der Waals surface area contributed by atoms with Crippen LogP contribution in [0.2, 0.25) is 0 Å². The van der Waals surface area contributed by atoms with E-state index >= 15 is 0 Å². The quantitative estimate of drug-likeness (QED) is 0.892. The van der Waals surface area contributed by atoms with E-state index < -0.39 is 0 Å². The van der Waals surface area contributed by atoms with Crippen molar-refractivity contribution in [3.05, 3.63) is 12.7 Å². The van der Waals surface area contributed by atoms with Crippen molar-refractivity contribution in [3.63, 3.8) is 0 Å². The number of hydrogen-bond acceptors (Lipinski definition) is 8. The number of hydrogen-bond donors (Lipinski definition) is 1. The van der Waals surface area contributed by atoms with E-state index in [1.807, 2.05) is 11.8 Å². The normalized spacial score (nSPS) is 17.8. The standard InChI is InChI=1S/C12H18N8S/c1-12(2)6-19(4-5-21-12)10-16-9(13-3)17-11(18-10)20-8-14-7-15-20/h7-8H,4-6H2,1-3H3,(H,13,16,17,18). The molecule has 2 aromatic rings. The van der Waals surface area contributed by atoms with Gasteiger partial charge in [-0.15, -0.1) is 0 Å². The third kappa shape index (κ3) is 3.07. The van der Waals surface area contributed by atoms with E-state index in [4.69, 9.17) is 0 Å². The van der Waals surface area contributed by atoms with Crippen LogP contribution in [0.3, 0.4) is 0 Å². The average Bonchev–Trinajstić information content (AvgIpc) is 3.00. The Hall–Kier alpha value is -1.90. The zero-order chi connectivity index (χ0) is 14.9. The molecule has 0 amide bonds. The molecule has 1 fully saturated rings. The van der Waals surface area contributed by atoms with E-state index in [1.165, 1.54) is 11.0 Å². The molecule has 8 nitrogen and oxygen atoms in total. The van der Waals surface area contributed by atoms with Crippen LogP contribution in [0.1, 0.15) is 13.8 Å². The molecule has 2 aromatic heterocycles. The Morgan fingerprint density at radius 3 is 2.71 bits per heavy atom. The lowest BCUT2D eigenvalue weighted by molar-refractivity contribution is 0.631. The summed E-state index contributed by atoms with van der Waals surface area (Å²) in [5.74, 6) is 2.74. The summed E-state index contributed by atoms with van der Waals surface area (Å²) in [6.45, 7) is 6.31. The molecule has 3 rings (SSSR count). The van der Waals surface area contributed by atoms with E-state index in [1.54, 1.807) is 13.4 Å². The maximum Gasteiger partial charge on any atom is 0.258 e. The smallest absolute Gasteiger partial charge is 0.258 e. The highest BCUT2D eigenvalue weighted by Crippen LogP contribution is 2.31. The summed E-state index contributed by atoms with van der Waals surface area (Å²) in [6, 6.07) is 0. The van der Waals surface area contributed by atoms with E-state index in [0.717, 1.165) is 18.8 Å². The van der Waals surface area contributed by atoms with Gasteiger partial charge in [0.1, 0.15) is 12.7 Å². The molecule has 112 valence electrons. The van der Waals surface area contributed by atoms with Gasteiger partial charge in [-0.05, 0) is 13.8 Å². The highest BCUT2D eigenvalue weighted by molar-refractivity contribution is 8.00.